The summed E-state index contributed by atoms with van der Waals surface area (Å²) in [6.07, 6.45) is 0.987. The van der Waals surface area contributed by atoms with E-state index >= 15 is 0 Å². The van der Waals surface area contributed by atoms with Gasteiger partial charge in [0.25, 0.3) is 5.69 Å². The van der Waals surface area contributed by atoms with Gasteiger partial charge < -0.3 is 19.5 Å². The van der Waals surface area contributed by atoms with E-state index in [1.165, 1.54) is 32.4 Å². The molecule has 7 heteroatoms. The predicted octanol–water partition coefficient (Wildman–Crippen LogP) is 2.57. The molecule has 0 radical (unpaired) electrons. The van der Waals surface area contributed by atoms with Gasteiger partial charge in [0.05, 0.1) is 25.2 Å². The molecule has 0 spiro atoms. The van der Waals surface area contributed by atoms with Crippen molar-refractivity contribution in [2.24, 2.45) is 0 Å². The van der Waals surface area contributed by atoms with E-state index in [0.29, 0.717) is 12.4 Å². The molecule has 0 fully saturated rings. The number of anilines is 1. The molecule has 0 aliphatic rings. The van der Waals surface area contributed by atoms with Gasteiger partial charge in [-0.2, -0.15) is 0 Å². The Kier molecular flexibility index (Phi) is 5.79. The maximum Gasteiger partial charge on any atom is 0.296 e. The lowest BCUT2D eigenvalue weighted by Crippen LogP contribution is -2.21. The maximum atomic E-state index is 11.1. The monoisotopic (exact) mass is 282 g/mol. The molecule has 20 heavy (non-hydrogen) atoms. The minimum Gasteiger partial charge on any atom is -0.493 e. The van der Waals surface area contributed by atoms with Crippen LogP contribution in [-0.4, -0.2) is 32.0 Å². The van der Waals surface area contributed by atoms with Crippen molar-refractivity contribution in [3.8, 4) is 11.5 Å². The first kappa shape index (κ1) is 15.8. The molecule has 0 heterocycles. The SMILES string of the molecule is C=CC(Nc1cc(OC)c(OC)cc1[N+](=O)[O-])OCC. The van der Waals surface area contributed by atoms with Crippen LogP contribution < -0.4 is 14.8 Å². The number of hydrogen-bond donors (Lipinski definition) is 1. The highest BCUT2D eigenvalue weighted by Crippen LogP contribution is 2.37. The quantitative estimate of drug-likeness (QED) is 0.341. The molecule has 1 aromatic rings. The first-order valence-electron chi connectivity index (χ1n) is 5.98. The number of hydrogen-bond acceptors (Lipinski definition) is 6. The predicted molar refractivity (Wildman–Crippen MR) is 75.4 cm³/mol. The van der Waals surface area contributed by atoms with Gasteiger partial charge in [-0.1, -0.05) is 6.58 Å². The van der Waals surface area contributed by atoms with Gasteiger partial charge in [0.2, 0.25) is 0 Å². The second kappa shape index (κ2) is 7.34. The third-order valence-electron chi connectivity index (χ3n) is 2.56. The fourth-order valence-corrected chi connectivity index (χ4v) is 1.64. The minimum atomic E-state index is -0.531. The van der Waals surface area contributed by atoms with Gasteiger partial charge in [0.15, 0.2) is 11.5 Å². The number of nitrogens with zero attached hydrogens (tertiary/aromatic N) is 1. The average molecular weight is 282 g/mol. The van der Waals surface area contributed by atoms with Crippen LogP contribution in [0, 0.1) is 10.1 Å². The van der Waals surface area contributed by atoms with E-state index in [4.69, 9.17) is 14.2 Å². The van der Waals surface area contributed by atoms with Gasteiger partial charge >= 0.3 is 0 Å². The van der Waals surface area contributed by atoms with E-state index in [2.05, 4.69) is 11.9 Å². The summed E-state index contributed by atoms with van der Waals surface area (Å²) in [6.45, 7) is 5.88. The molecule has 1 unspecified atom stereocenters. The molecule has 0 aromatic heterocycles. The summed E-state index contributed by atoms with van der Waals surface area (Å²) in [4.78, 5) is 10.6. The van der Waals surface area contributed by atoms with E-state index in [1.54, 1.807) is 0 Å². The number of nitro groups is 1. The van der Waals surface area contributed by atoms with Gasteiger partial charge in [-0.25, -0.2) is 0 Å². The summed E-state index contributed by atoms with van der Waals surface area (Å²) >= 11 is 0. The lowest BCUT2D eigenvalue weighted by Gasteiger charge is -2.17. The highest BCUT2D eigenvalue weighted by Gasteiger charge is 2.21. The highest BCUT2D eigenvalue weighted by atomic mass is 16.6. The lowest BCUT2D eigenvalue weighted by molar-refractivity contribution is -0.384. The number of methoxy groups -OCH3 is 2. The summed E-state index contributed by atoms with van der Waals surface area (Å²) in [7, 11) is 2.88. The van der Waals surface area contributed by atoms with Crippen LogP contribution in [0.2, 0.25) is 0 Å². The van der Waals surface area contributed by atoms with E-state index in [1.807, 2.05) is 6.92 Å². The van der Waals surface area contributed by atoms with Crippen LogP contribution in [0.1, 0.15) is 6.92 Å². The third-order valence-corrected chi connectivity index (χ3v) is 2.56. The minimum absolute atomic E-state index is 0.130. The van der Waals surface area contributed by atoms with Gasteiger partial charge in [-0.3, -0.25) is 10.1 Å². The Labute approximate surface area is 117 Å². The van der Waals surface area contributed by atoms with E-state index in [-0.39, 0.29) is 17.1 Å². The molecular formula is C13H18N2O5. The number of rotatable bonds is 8. The molecule has 0 bridgehead atoms. The average Bonchev–Trinajstić information content (AvgIpc) is 2.45. The van der Waals surface area contributed by atoms with Crippen molar-refractivity contribution in [2.75, 3.05) is 26.1 Å². The topological polar surface area (TPSA) is 82.9 Å². The van der Waals surface area contributed by atoms with Gasteiger partial charge in [-0.15, -0.1) is 0 Å². The molecular weight excluding hydrogens is 264 g/mol. The van der Waals surface area contributed by atoms with Crippen LogP contribution >= 0.6 is 0 Å². The van der Waals surface area contributed by atoms with Crippen molar-refractivity contribution < 1.29 is 19.1 Å². The fourth-order valence-electron chi connectivity index (χ4n) is 1.64. The zero-order chi connectivity index (χ0) is 15.1. The molecule has 1 N–H and O–H groups in total. The van der Waals surface area contributed by atoms with Crippen LogP contribution in [0.5, 0.6) is 11.5 Å². The second-order valence-corrected chi connectivity index (χ2v) is 3.74. The van der Waals surface area contributed by atoms with Crippen LogP contribution in [-0.2, 0) is 4.74 Å². The Balaban J connectivity index is 3.21. The molecule has 1 aromatic carbocycles. The summed E-state index contributed by atoms with van der Waals surface area (Å²) in [5.41, 5.74) is 0.139. The zero-order valence-corrected chi connectivity index (χ0v) is 11.7. The summed E-state index contributed by atoms with van der Waals surface area (Å²) < 4.78 is 15.5. The molecule has 1 atom stereocenters. The molecule has 0 amide bonds. The Morgan fingerprint density at radius 2 is 2.00 bits per heavy atom. The summed E-state index contributed by atoms with van der Waals surface area (Å²) in [6, 6.07) is 2.79. The number of nitro benzene ring substituents is 1. The van der Waals surface area contributed by atoms with Crippen molar-refractivity contribution in [3.05, 3.63) is 34.9 Å². The molecule has 0 aliphatic heterocycles. The van der Waals surface area contributed by atoms with Crippen molar-refractivity contribution >= 4 is 11.4 Å². The normalized spacial score (nSPS) is 11.6. The van der Waals surface area contributed by atoms with Crippen molar-refractivity contribution in [1.82, 2.24) is 0 Å². The van der Waals surface area contributed by atoms with Gasteiger partial charge in [-0.05, 0) is 13.0 Å². The van der Waals surface area contributed by atoms with Crippen LogP contribution in [0.25, 0.3) is 0 Å². The Bertz CT molecular complexity index is 490. The zero-order valence-electron chi connectivity index (χ0n) is 11.7. The lowest BCUT2D eigenvalue weighted by atomic mass is 10.2. The van der Waals surface area contributed by atoms with Crippen molar-refractivity contribution in [1.29, 1.82) is 0 Å². The number of nitrogens with one attached hydrogen (secondary N) is 1. The first-order valence-corrected chi connectivity index (χ1v) is 5.98. The highest BCUT2D eigenvalue weighted by molar-refractivity contribution is 5.68. The standard InChI is InChI=1S/C13H18N2O5/c1-5-13(20-6-2)14-9-7-11(18-3)12(19-4)8-10(9)15(16)17/h5,7-8,13-14H,1,6H2,2-4H3. The van der Waals surface area contributed by atoms with E-state index in [0.717, 1.165) is 0 Å². The first-order chi connectivity index (χ1) is 9.57. The van der Waals surface area contributed by atoms with Gasteiger partial charge in [0, 0.05) is 12.7 Å². The second-order valence-electron chi connectivity index (χ2n) is 3.74. The van der Waals surface area contributed by atoms with Crippen LogP contribution in [0.15, 0.2) is 24.8 Å². The van der Waals surface area contributed by atoms with Crippen molar-refractivity contribution in [3.63, 3.8) is 0 Å². The Morgan fingerprint density at radius 1 is 1.40 bits per heavy atom. The third kappa shape index (κ3) is 3.61. The molecule has 7 nitrogen and oxygen atoms in total. The Hall–Kier alpha value is -2.28. The molecule has 0 aliphatic carbocycles. The molecule has 110 valence electrons. The number of ether oxygens (including phenoxy) is 3. The summed E-state index contributed by atoms with van der Waals surface area (Å²) in [5, 5.41) is 14.0. The molecule has 1 rings (SSSR count). The summed E-state index contributed by atoms with van der Waals surface area (Å²) in [5.74, 6) is 0.677. The maximum absolute atomic E-state index is 11.1. The smallest absolute Gasteiger partial charge is 0.296 e. The van der Waals surface area contributed by atoms with Crippen molar-refractivity contribution in [2.45, 2.75) is 13.2 Å². The van der Waals surface area contributed by atoms with Crippen LogP contribution in [0.4, 0.5) is 11.4 Å². The molecule has 0 saturated carbocycles. The Morgan fingerprint density at radius 3 is 2.45 bits per heavy atom. The number of benzene rings is 1. The molecule has 0 saturated heterocycles. The van der Waals surface area contributed by atoms with Crippen LogP contribution in [0.3, 0.4) is 0 Å². The van der Waals surface area contributed by atoms with E-state index < -0.39 is 11.2 Å². The fraction of sp³-hybridized carbons (Fsp3) is 0.385. The van der Waals surface area contributed by atoms with E-state index in [9.17, 15) is 10.1 Å². The van der Waals surface area contributed by atoms with Gasteiger partial charge in [0.1, 0.15) is 11.9 Å². The largest absolute Gasteiger partial charge is 0.493 e.